The van der Waals surface area contributed by atoms with Crippen molar-refractivity contribution in [3.8, 4) is 0 Å². The average Bonchev–Trinajstić information content (AvgIpc) is 2.50. The molecule has 9 heteroatoms. The van der Waals surface area contributed by atoms with E-state index in [9.17, 15) is 15.0 Å². The Balaban J connectivity index is 2.03. The molecule has 1 heterocycles. The van der Waals surface area contributed by atoms with Crippen LogP contribution in [0.1, 0.15) is 12.8 Å². The number of carbonyl (C=O) groups is 1. The van der Waals surface area contributed by atoms with Gasteiger partial charge >= 0.3 is 0 Å². The number of hydrogen-bond donors (Lipinski definition) is 6. The molecule has 2 aliphatic rings. The van der Waals surface area contributed by atoms with E-state index in [0.29, 0.717) is 12.8 Å². The molecule has 9 unspecified atom stereocenters. The van der Waals surface area contributed by atoms with Gasteiger partial charge in [-0.15, -0.1) is 0 Å². The molecule has 10 N–H and O–H groups in total. The van der Waals surface area contributed by atoms with Crippen LogP contribution in [0.4, 0.5) is 0 Å². The van der Waals surface area contributed by atoms with Crippen LogP contribution in [0.25, 0.3) is 0 Å². The topological polar surface area (TPSA) is 180 Å². The maximum Gasteiger partial charge on any atom is 0.176 e. The van der Waals surface area contributed by atoms with E-state index in [-0.39, 0.29) is 24.5 Å². The van der Waals surface area contributed by atoms with E-state index in [2.05, 4.69) is 0 Å². The number of aliphatic hydroxyl groups excluding tert-OH is 2. The first kappa shape index (κ1) is 17.7. The summed E-state index contributed by atoms with van der Waals surface area (Å²) in [5, 5.41) is 19.8. The largest absolute Gasteiger partial charge is 0.388 e. The van der Waals surface area contributed by atoms with Crippen molar-refractivity contribution in [1.29, 1.82) is 0 Å². The van der Waals surface area contributed by atoms with Crippen molar-refractivity contribution < 1.29 is 24.5 Å². The lowest BCUT2D eigenvalue weighted by molar-refractivity contribution is -0.274. The molecule has 1 saturated carbocycles. The first-order valence-corrected chi connectivity index (χ1v) is 7.48. The maximum absolute atomic E-state index is 11.1. The molecule has 1 saturated heterocycles. The molecule has 128 valence electrons. The summed E-state index contributed by atoms with van der Waals surface area (Å²) in [4.78, 5) is 11.1. The smallest absolute Gasteiger partial charge is 0.176 e. The van der Waals surface area contributed by atoms with Gasteiger partial charge in [0.15, 0.2) is 6.29 Å². The van der Waals surface area contributed by atoms with Crippen molar-refractivity contribution in [3.05, 3.63) is 0 Å². The number of carbonyl (C=O) groups excluding carboxylic acids is 1. The lowest BCUT2D eigenvalue weighted by Gasteiger charge is -2.44. The van der Waals surface area contributed by atoms with Crippen molar-refractivity contribution in [3.63, 3.8) is 0 Å². The van der Waals surface area contributed by atoms with Crippen LogP contribution in [0.5, 0.6) is 0 Å². The first-order valence-electron chi connectivity index (χ1n) is 7.48. The Morgan fingerprint density at radius 3 is 2.41 bits per heavy atom. The Kier molecular flexibility index (Phi) is 5.86. The Morgan fingerprint density at radius 2 is 1.82 bits per heavy atom. The molecule has 1 aliphatic heterocycles. The SMILES string of the molecule is NCC1OC(OC2CC(C=O)C(N)CC2N)C(N)C(O)C1O. The minimum atomic E-state index is -1.21. The van der Waals surface area contributed by atoms with Gasteiger partial charge in [0.05, 0.1) is 12.1 Å². The van der Waals surface area contributed by atoms with Crippen LogP contribution in [-0.4, -0.2) is 71.9 Å². The molecule has 22 heavy (non-hydrogen) atoms. The summed E-state index contributed by atoms with van der Waals surface area (Å²) in [5.41, 5.74) is 23.3. The minimum absolute atomic E-state index is 0.0172. The van der Waals surface area contributed by atoms with Gasteiger partial charge in [-0.25, -0.2) is 0 Å². The summed E-state index contributed by atoms with van der Waals surface area (Å²) >= 11 is 0. The molecule has 2 fully saturated rings. The molecule has 0 bridgehead atoms. The Bertz CT molecular complexity index is 385. The molecule has 0 amide bonds. The van der Waals surface area contributed by atoms with Crippen molar-refractivity contribution in [2.45, 2.75) is 61.7 Å². The van der Waals surface area contributed by atoms with Crippen LogP contribution in [0.15, 0.2) is 0 Å². The first-order chi connectivity index (χ1) is 10.4. The zero-order valence-electron chi connectivity index (χ0n) is 12.3. The van der Waals surface area contributed by atoms with Gasteiger partial charge in [0.2, 0.25) is 0 Å². The summed E-state index contributed by atoms with van der Waals surface area (Å²) in [5.74, 6) is -0.342. The zero-order valence-corrected chi connectivity index (χ0v) is 12.3. The summed E-state index contributed by atoms with van der Waals surface area (Å²) in [6.45, 7) is 0.0172. The molecule has 1 aliphatic carbocycles. The highest BCUT2D eigenvalue weighted by Gasteiger charge is 2.45. The predicted octanol–water partition coefficient (Wildman–Crippen LogP) is -3.63. The number of aliphatic hydroxyl groups is 2. The third kappa shape index (κ3) is 3.47. The molecule has 2 rings (SSSR count). The number of aldehydes is 1. The van der Waals surface area contributed by atoms with Crippen LogP contribution in [0.2, 0.25) is 0 Å². The molecule has 0 aromatic rings. The quantitative estimate of drug-likeness (QED) is 0.285. The second-order valence-electron chi connectivity index (χ2n) is 6.11. The molecule has 0 radical (unpaired) electrons. The van der Waals surface area contributed by atoms with Gasteiger partial charge in [0, 0.05) is 24.5 Å². The average molecular weight is 318 g/mol. The third-order valence-corrected chi connectivity index (χ3v) is 4.54. The minimum Gasteiger partial charge on any atom is -0.388 e. The standard InChI is InChI=1S/C13H26N4O5/c14-3-9-11(19)12(20)10(17)13(22-9)21-8-1-5(4-18)6(15)2-7(8)16/h4-13,19-20H,1-3,14-17H2. The summed E-state index contributed by atoms with van der Waals surface area (Å²) in [7, 11) is 0. The lowest BCUT2D eigenvalue weighted by atomic mass is 9.81. The van der Waals surface area contributed by atoms with Gasteiger partial charge in [-0.2, -0.15) is 0 Å². The second kappa shape index (κ2) is 7.28. The van der Waals surface area contributed by atoms with Gasteiger partial charge < -0.3 is 47.4 Å². The number of hydrogen-bond acceptors (Lipinski definition) is 9. The third-order valence-electron chi connectivity index (χ3n) is 4.54. The van der Waals surface area contributed by atoms with E-state index in [1.807, 2.05) is 0 Å². The highest BCUT2D eigenvalue weighted by molar-refractivity contribution is 5.55. The number of rotatable bonds is 4. The maximum atomic E-state index is 11.1. The van der Waals surface area contributed by atoms with Crippen LogP contribution < -0.4 is 22.9 Å². The Hall–Kier alpha value is -0.650. The van der Waals surface area contributed by atoms with Gasteiger partial charge in [0.1, 0.15) is 24.6 Å². The lowest BCUT2D eigenvalue weighted by Crippen LogP contribution is -2.64. The van der Waals surface area contributed by atoms with E-state index in [1.165, 1.54) is 0 Å². The fraction of sp³-hybridized carbons (Fsp3) is 0.923. The molecule has 0 spiro atoms. The fourth-order valence-corrected chi connectivity index (χ4v) is 3.01. The normalized spacial score (nSPS) is 49.8. The van der Waals surface area contributed by atoms with Crippen LogP contribution in [-0.2, 0) is 14.3 Å². The number of ether oxygens (including phenoxy) is 2. The molecular formula is C13H26N4O5. The Morgan fingerprint density at radius 1 is 1.14 bits per heavy atom. The van der Waals surface area contributed by atoms with Gasteiger partial charge in [0.25, 0.3) is 0 Å². The highest BCUT2D eigenvalue weighted by atomic mass is 16.7. The van der Waals surface area contributed by atoms with Crippen LogP contribution >= 0.6 is 0 Å². The molecular weight excluding hydrogens is 292 g/mol. The van der Waals surface area contributed by atoms with Crippen molar-refractivity contribution in [1.82, 2.24) is 0 Å². The molecule has 0 aromatic heterocycles. The summed E-state index contributed by atoms with van der Waals surface area (Å²) < 4.78 is 11.3. The summed E-state index contributed by atoms with van der Waals surface area (Å²) in [6.07, 6.45) is -2.96. The van der Waals surface area contributed by atoms with Gasteiger partial charge in [-0.05, 0) is 12.8 Å². The molecule has 0 aromatic carbocycles. The van der Waals surface area contributed by atoms with Gasteiger partial charge in [-0.3, -0.25) is 0 Å². The van der Waals surface area contributed by atoms with E-state index in [4.69, 9.17) is 32.4 Å². The monoisotopic (exact) mass is 318 g/mol. The van der Waals surface area contributed by atoms with Crippen LogP contribution in [0.3, 0.4) is 0 Å². The zero-order chi connectivity index (χ0) is 16.4. The predicted molar refractivity (Wildman–Crippen MR) is 77.3 cm³/mol. The van der Waals surface area contributed by atoms with Crippen LogP contribution in [0, 0.1) is 5.92 Å². The van der Waals surface area contributed by atoms with E-state index in [1.54, 1.807) is 0 Å². The highest BCUT2D eigenvalue weighted by Crippen LogP contribution is 2.28. The van der Waals surface area contributed by atoms with Crippen molar-refractivity contribution in [2.75, 3.05) is 6.54 Å². The number of nitrogens with two attached hydrogens (primary N) is 4. The summed E-state index contributed by atoms with van der Waals surface area (Å²) in [6, 6.07) is -1.59. The van der Waals surface area contributed by atoms with Crippen molar-refractivity contribution >= 4 is 6.29 Å². The van der Waals surface area contributed by atoms with Gasteiger partial charge in [-0.1, -0.05) is 0 Å². The fourth-order valence-electron chi connectivity index (χ4n) is 3.01. The second-order valence-corrected chi connectivity index (χ2v) is 6.11. The van der Waals surface area contributed by atoms with E-state index >= 15 is 0 Å². The molecule has 9 atom stereocenters. The van der Waals surface area contributed by atoms with E-state index in [0.717, 1.165) is 6.29 Å². The molecule has 9 nitrogen and oxygen atoms in total. The Labute approximate surface area is 128 Å². The van der Waals surface area contributed by atoms with Crippen molar-refractivity contribution in [2.24, 2.45) is 28.9 Å². The van der Waals surface area contributed by atoms with E-state index < -0.39 is 36.7 Å².